The molecule has 0 bridgehead atoms. The van der Waals surface area contributed by atoms with E-state index in [0.717, 1.165) is 12.2 Å². The molecule has 4 nitrogen and oxygen atoms in total. The van der Waals surface area contributed by atoms with E-state index in [1.54, 1.807) is 37.1 Å². The third-order valence-corrected chi connectivity index (χ3v) is 3.54. The lowest BCUT2D eigenvalue weighted by Crippen LogP contribution is -2.32. The van der Waals surface area contributed by atoms with E-state index >= 15 is 0 Å². The highest BCUT2D eigenvalue weighted by atomic mass is 32.2. The van der Waals surface area contributed by atoms with Crippen molar-refractivity contribution < 1.29 is 14.6 Å². The average molecular weight is 307 g/mol. The summed E-state index contributed by atoms with van der Waals surface area (Å²) in [6.07, 6.45) is 2.98. The monoisotopic (exact) mass is 307 g/mol. The van der Waals surface area contributed by atoms with Crippen LogP contribution in [0.1, 0.15) is 29.3 Å². The van der Waals surface area contributed by atoms with Gasteiger partial charge in [-0.2, -0.15) is 11.8 Å². The molecule has 0 aliphatic carbocycles. The zero-order chi connectivity index (χ0) is 15.7. The van der Waals surface area contributed by atoms with E-state index in [1.807, 2.05) is 13.2 Å². The lowest BCUT2D eigenvalue weighted by Gasteiger charge is -2.14. The van der Waals surface area contributed by atoms with Gasteiger partial charge in [0.05, 0.1) is 12.7 Å². The topological polar surface area (TPSA) is 58.6 Å². The minimum atomic E-state index is -0.231. The second-order valence-electron chi connectivity index (χ2n) is 4.53. The van der Waals surface area contributed by atoms with Gasteiger partial charge in [-0.1, -0.05) is 11.8 Å². The summed E-state index contributed by atoms with van der Waals surface area (Å²) in [5.41, 5.74) is 1.13. The molecule has 1 atom stereocenters. The lowest BCUT2D eigenvalue weighted by atomic mass is 10.1. The number of carbonyl (C=O) groups is 1. The van der Waals surface area contributed by atoms with Gasteiger partial charge in [0.1, 0.15) is 12.4 Å². The lowest BCUT2D eigenvalue weighted by molar-refractivity contribution is 0.0939. The Morgan fingerprint density at radius 1 is 1.52 bits per heavy atom. The summed E-state index contributed by atoms with van der Waals surface area (Å²) < 4.78 is 5.19. The van der Waals surface area contributed by atoms with Gasteiger partial charge < -0.3 is 15.2 Å². The van der Waals surface area contributed by atoms with Crippen LogP contribution in [0.5, 0.6) is 5.75 Å². The van der Waals surface area contributed by atoms with Gasteiger partial charge in [0, 0.05) is 11.6 Å². The summed E-state index contributed by atoms with van der Waals surface area (Å²) >= 11 is 1.76. The molecule has 1 amide bonds. The molecule has 1 aromatic carbocycles. The van der Waals surface area contributed by atoms with Crippen molar-refractivity contribution in [2.45, 2.75) is 19.4 Å². The van der Waals surface area contributed by atoms with Gasteiger partial charge >= 0.3 is 0 Å². The molecule has 1 unspecified atom stereocenters. The number of amides is 1. The molecule has 0 saturated heterocycles. The van der Waals surface area contributed by atoms with Gasteiger partial charge in [-0.15, -0.1) is 0 Å². The van der Waals surface area contributed by atoms with Gasteiger partial charge in [0.2, 0.25) is 0 Å². The predicted octanol–water partition coefficient (Wildman–Crippen LogP) is 1.91. The molecule has 0 heterocycles. The number of nitrogens with one attached hydrogen (secondary N) is 1. The van der Waals surface area contributed by atoms with E-state index in [0.29, 0.717) is 16.9 Å². The first kappa shape index (κ1) is 17.4. The van der Waals surface area contributed by atoms with Crippen LogP contribution in [0.3, 0.4) is 0 Å². The van der Waals surface area contributed by atoms with E-state index in [4.69, 9.17) is 9.84 Å². The second-order valence-corrected chi connectivity index (χ2v) is 5.52. The van der Waals surface area contributed by atoms with Crippen molar-refractivity contribution >= 4 is 17.7 Å². The largest absolute Gasteiger partial charge is 0.495 e. The van der Waals surface area contributed by atoms with Gasteiger partial charge in [-0.05, 0) is 43.6 Å². The molecule has 21 heavy (non-hydrogen) atoms. The minimum Gasteiger partial charge on any atom is -0.495 e. The Bertz CT molecular complexity index is 534. The van der Waals surface area contributed by atoms with E-state index in [1.165, 1.54) is 0 Å². The van der Waals surface area contributed by atoms with Crippen LogP contribution in [0, 0.1) is 11.8 Å². The Hall–Kier alpha value is -1.64. The van der Waals surface area contributed by atoms with Crippen molar-refractivity contribution in [1.82, 2.24) is 5.32 Å². The van der Waals surface area contributed by atoms with Crippen molar-refractivity contribution in [1.29, 1.82) is 0 Å². The summed E-state index contributed by atoms with van der Waals surface area (Å²) in [4.78, 5) is 12.2. The number of aliphatic hydroxyl groups is 1. The SMILES string of the molecule is COc1ccc(C(=O)NC(C)CCSC)cc1C#CCO. The fourth-order valence-electron chi connectivity index (χ4n) is 1.76. The quantitative estimate of drug-likeness (QED) is 0.788. The Balaban J connectivity index is 2.85. The van der Waals surface area contributed by atoms with Crippen LogP contribution >= 0.6 is 11.8 Å². The summed E-state index contributed by atoms with van der Waals surface area (Å²) in [6.45, 7) is 1.76. The van der Waals surface area contributed by atoms with Crippen molar-refractivity contribution in [3.63, 3.8) is 0 Å². The van der Waals surface area contributed by atoms with Crippen LogP contribution in [0.25, 0.3) is 0 Å². The number of benzene rings is 1. The molecular formula is C16H21NO3S. The maximum atomic E-state index is 12.2. The molecule has 0 fully saturated rings. The fraction of sp³-hybridized carbons (Fsp3) is 0.438. The smallest absolute Gasteiger partial charge is 0.251 e. The third kappa shape index (κ3) is 5.70. The first-order valence-corrected chi connectivity index (χ1v) is 8.09. The average Bonchev–Trinajstić information content (AvgIpc) is 2.50. The Labute approximate surface area is 130 Å². The Morgan fingerprint density at radius 3 is 2.90 bits per heavy atom. The molecule has 1 aromatic rings. The molecule has 0 radical (unpaired) electrons. The van der Waals surface area contributed by atoms with Crippen LogP contribution in [0.2, 0.25) is 0 Å². The van der Waals surface area contributed by atoms with Crippen molar-refractivity contribution in [3.05, 3.63) is 29.3 Å². The Kier molecular flexibility index (Phi) is 7.73. The molecule has 5 heteroatoms. The molecule has 1 rings (SSSR count). The van der Waals surface area contributed by atoms with Crippen molar-refractivity contribution in [2.75, 3.05) is 25.7 Å². The number of hydrogen-bond donors (Lipinski definition) is 2. The van der Waals surface area contributed by atoms with Crippen molar-refractivity contribution in [2.24, 2.45) is 0 Å². The Morgan fingerprint density at radius 2 is 2.29 bits per heavy atom. The van der Waals surface area contributed by atoms with Gasteiger partial charge in [-0.3, -0.25) is 4.79 Å². The van der Waals surface area contributed by atoms with E-state index in [-0.39, 0.29) is 18.6 Å². The zero-order valence-corrected chi connectivity index (χ0v) is 13.4. The number of methoxy groups -OCH3 is 1. The number of aliphatic hydroxyl groups excluding tert-OH is 1. The highest BCUT2D eigenvalue weighted by molar-refractivity contribution is 7.98. The molecular weight excluding hydrogens is 286 g/mol. The summed E-state index contributed by atoms with van der Waals surface area (Å²) in [6, 6.07) is 5.22. The zero-order valence-electron chi connectivity index (χ0n) is 12.6. The van der Waals surface area contributed by atoms with Crippen molar-refractivity contribution in [3.8, 4) is 17.6 Å². The van der Waals surface area contributed by atoms with E-state index < -0.39 is 0 Å². The summed E-state index contributed by atoms with van der Waals surface area (Å²) in [7, 11) is 1.55. The number of ether oxygens (including phenoxy) is 1. The fourth-order valence-corrected chi connectivity index (χ4v) is 2.34. The molecule has 0 aromatic heterocycles. The predicted molar refractivity (Wildman–Crippen MR) is 86.9 cm³/mol. The molecule has 0 aliphatic heterocycles. The molecule has 0 saturated carbocycles. The maximum Gasteiger partial charge on any atom is 0.251 e. The molecule has 114 valence electrons. The number of rotatable bonds is 6. The second kappa shape index (κ2) is 9.32. The number of thioether (sulfide) groups is 1. The summed E-state index contributed by atoms with van der Waals surface area (Å²) in [5, 5.41) is 11.7. The normalized spacial score (nSPS) is 11.2. The number of carbonyl (C=O) groups excluding carboxylic acids is 1. The van der Waals surface area contributed by atoms with E-state index in [2.05, 4.69) is 17.2 Å². The first-order valence-electron chi connectivity index (χ1n) is 6.70. The molecule has 0 aliphatic rings. The van der Waals surface area contributed by atoms with Gasteiger partial charge in [0.15, 0.2) is 0 Å². The van der Waals surface area contributed by atoms with Crippen LogP contribution in [0.4, 0.5) is 0 Å². The van der Waals surface area contributed by atoms with Crippen LogP contribution in [-0.2, 0) is 0 Å². The van der Waals surface area contributed by atoms with Crippen LogP contribution < -0.4 is 10.1 Å². The molecule has 2 N–H and O–H groups in total. The third-order valence-electron chi connectivity index (χ3n) is 2.90. The van der Waals surface area contributed by atoms with E-state index in [9.17, 15) is 4.79 Å². The van der Waals surface area contributed by atoms with Gasteiger partial charge in [-0.25, -0.2) is 0 Å². The highest BCUT2D eigenvalue weighted by Gasteiger charge is 2.11. The summed E-state index contributed by atoms with van der Waals surface area (Å²) in [5.74, 6) is 6.82. The maximum absolute atomic E-state index is 12.2. The van der Waals surface area contributed by atoms with Gasteiger partial charge in [0.25, 0.3) is 5.91 Å². The molecule has 0 spiro atoms. The minimum absolute atomic E-state index is 0.124. The standard InChI is InChI=1S/C16H21NO3S/c1-12(8-10-21-3)17-16(19)14-6-7-15(20-2)13(11-14)5-4-9-18/h6-7,11-12,18H,8-10H2,1-3H3,(H,17,19). The highest BCUT2D eigenvalue weighted by Crippen LogP contribution is 2.19. The number of hydrogen-bond acceptors (Lipinski definition) is 4. The first-order chi connectivity index (χ1) is 10.1. The van der Waals surface area contributed by atoms with Crippen LogP contribution in [-0.4, -0.2) is 42.8 Å². The van der Waals surface area contributed by atoms with Crippen LogP contribution in [0.15, 0.2) is 18.2 Å².